The van der Waals surface area contributed by atoms with Crippen LogP contribution in [0.25, 0.3) is 0 Å². The average molecular weight is 491 g/mol. The molecule has 28 heavy (non-hydrogen) atoms. The van der Waals surface area contributed by atoms with E-state index in [1.54, 1.807) is 36.4 Å². The third-order valence-electron chi connectivity index (χ3n) is 4.06. The predicted octanol–water partition coefficient (Wildman–Crippen LogP) is 5.00. The Morgan fingerprint density at radius 2 is 1.68 bits per heavy atom. The summed E-state index contributed by atoms with van der Waals surface area (Å²) in [6.45, 7) is 6.72. The molecule has 0 aliphatic heterocycles. The average Bonchev–Trinajstić information content (AvgIpc) is 2.65. The lowest BCUT2D eigenvalue weighted by Crippen LogP contribution is -2.39. The van der Waals surface area contributed by atoms with Crippen LogP contribution in [0.4, 0.5) is 0 Å². The number of ether oxygens (including phenoxy) is 2. The first-order chi connectivity index (χ1) is 13.3. The van der Waals surface area contributed by atoms with Crippen molar-refractivity contribution in [1.29, 1.82) is 0 Å². The second-order valence-electron chi connectivity index (χ2n) is 6.20. The fraction of sp³-hybridized carbons (Fsp3) is 0.400. The Kier molecular flexibility index (Phi) is 8.92. The number of sulfonamides is 1. The highest BCUT2D eigenvalue weighted by Crippen LogP contribution is 2.26. The molecule has 0 unspecified atom stereocenters. The van der Waals surface area contributed by atoms with Crippen molar-refractivity contribution in [1.82, 2.24) is 4.31 Å². The molecule has 2 aromatic carbocycles. The monoisotopic (exact) mass is 489 g/mol. The second-order valence-corrected chi connectivity index (χ2v) is 9.40. The van der Waals surface area contributed by atoms with E-state index >= 15 is 0 Å². The van der Waals surface area contributed by atoms with Gasteiger partial charge in [-0.1, -0.05) is 35.4 Å². The van der Waals surface area contributed by atoms with Crippen molar-refractivity contribution >= 4 is 37.6 Å². The minimum atomic E-state index is -3.75. The van der Waals surface area contributed by atoms with Gasteiger partial charge < -0.3 is 9.47 Å². The molecule has 5 nitrogen and oxygen atoms in total. The van der Waals surface area contributed by atoms with Crippen molar-refractivity contribution < 1.29 is 17.9 Å². The Labute approximate surface area is 180 Å². The summed E-state index contributed by atoms with van der Waals surface area (Å²) in [5, 5.41) is 0.568. The van der Waals surface area contributed by atoms with Gasteiger partial charge in [-0.25, -0.2) is 8.42 Å². The Morgan fingerprint density at radius 1 is 1.07 bits per heavy atom. The molecule has 0 spiro atoms. The van der Waals surface area contributed by atoms with Crippen LogP contribution in [0.3, 0.4) is 0 Å². The van der Waals surface area contributed by atoms with Crippen LogP contribution < -0.4 is 0 Å². The number of hydrogen-bond donors (Lipinski definition) is 0. The summed E-state index contributed by atoms with van der Waals surface area (Å²) in [7, 11) is -3.75. The molecular weight excluding hydrogens is 466 g/mol. The van der Waals surface area contributed by atoms with Gasteiger partial charge >= 0.3 is 0 Å². The van der Waals surface area contributed by atoms with Crippen LogP contribution >= 0.6 is 27.5 Å². The van der Waals surface area contributed by atoms with E-state index in [9.17, 15) is 8.42 Å². The lowest BCUT2D eigenvalue weighted by molar-refractivity contribution is -0.140. The summed E-state index contributed by atoms with van der Waals surface area (Å²) >= 11 is 9.46. The standard InChI is InChI=1S/C20H25BrClNO4S/c1-4-26-20(27-5-2)14-23(13-16-8-11-19(22)18(21)12-16)28(24,25)17-9-6-15(3)7-10-17/h6-12,20H,4-5,13-14H2,1-3H3. The van der Waals surface area contributed by atoms with E-state index in [2.05, 4.69) is 15.9 Å². The molecule has 0 fully saturated rings. The zero-order valence-electron chi connectivity index (χ0n) is 16.2. The Balaban J connectivity index is 2.38. The molecule has 0 radical (unpaired) electrons. The molecule has 0 saturated heterocycles. The molecule has 0 bridgehead atoms. The summed E-state index contributed by atoms with van der Waals surface area (Å²) in [6, 6.07) is 12.2. The van der Waals surface area contributed by atoms with Crippen molar-refractivity contribution in [2.45, 2.75) is 38.5 Å². The minimum absolute atomic E-state index is 0.0815. The van der Waals surface area contributed by atoms with Crippen LogP contribution in [0.1, 0.15) is 25.0 Å². The van der Waals surface area contributed by atoms with E-state index < -0.39 is 16.3 Å². The lowest BCUT2D eigenvalue weighted by atomic mass is 10.2. The normalized spacial score (nSPS) is 12.1. The smallest absolute Gasteiger partial charge is 0.243 e. The van der Waals surface area contributed by atoms with Gasteiger partial charge in [0.05, 0.1) is 16.5 Å². The van der Waals surface area contributed by atoms with Gasteiger partial charge in [0.25, 0.3) is 0 Å². The van der Waals surface area contributed by atoms with Gasteiger partial charge in [0.15, 0.2) is 6.29 Å². The van der Waals surface area contributed by atoms with E-state index in [-0.39, 0.29) is 18.0 Å². The van der Waals surface area contributed by atoms with E-state index in [1.807, 2.05) is 26.8 Å². The topological polar surface area (TPSA) is 55.8 Å². The number of hydrogen-bond acceptors (Lipinski definition) is 4. The Bertz CT molecular complexity index is 868. The first-order valence-corrected chi connectivity index (χ1v) is 11.6. The minimum Gasteiger partial charge on any atom is -0.352 e. The molecule has 0 amide bonds. The van der Waals surface area contributed by atoms with Crippen molar-refractivity contribution in [3.05, 3.63) is 63.1 Å². The summed E-state index contributed by atoms with van der Waals surface area (Å²) in [4.78, 5) is 0.234. The molecule has 0 heterocycles. The molecule has 0 atom stereocenters. The maximum absolute atomic E-state index is 13.3. The SMILES string of the molecule is CCOC(CN(Cc1ccc(Cl)c(Br)c1)S(=O)(=O)c1ccc(C)cc1)OCC. The number of benzene rings is 2. The lowest BCUT2D eigenvalue weighted by Gasteiger charge is -2.27. The molecular formula is C20H25BrClNO4S. The first kappa shape index (κ1) is 23.3. The van der Waals surface area contributed by atoms with E-state index in [1.165, 1.54) is 4.31 Å². The highest BCUT2D eigenvalue weighted by atomic mass is 79.9. The number of rotatable bonds is 10. The van der Waals surface area contributed by atoms with Gasteiger partial charge in [0, 0.05) is 24.2 Å². The third-order valence-corrected chi connectivity index (χ3v) is 7.10. The van der Waals surface area contributed by atoms with Gasteiger partial charge in [-0.05, 0) is 66.5 Å². The van der Waals surface area contributed by atoms with Crippen LogP contribution in [0.5, 0.6) is 0 Å². The predicted molar refractivity (Wildman–Crippen MR) is 115 cm³/mol. The summed E-state index contributed by atoms with van der Waals surface area (Å²) in [6.07, 6.45) is -0.647. The number of halogens is 2. The molecule has 2 aromatic rings. The molecule has 0 saturated carbocycles. The Morgan fingerprint density at radius 3 is 2.21 bits per heavy atom. The molecule has 154 valence electrons. The van der Waals surface area contributed by atoms with Gasteiger partial charge in [0.2, 0.25) is 10.0 Å². The largest absolute Gasteiger partial charge is 0.352 e. The molecule has 0 aliphatic rings. The van der Waals surface area contributed by atoms with Gasteiger partial charge in [-0.15, -0.1) is 0 Å². The zero-order chi connectivity index (χ0) is 20.7. The van der Waals surface area contributed by atoms with E-state index in [0.29, 0.717) is 22.7 Å². The summed E-state index contributed by atoms with van der Waals surface area (Å²) in [5.41, 5.74) is 1.80. The van der Waals surface area contributed by atoms with Crippen LogP contribution in [-0.2, 0) is 26.0 Å². The number of nitrogens with zero attached hydrogens (tertiary/aromatic N) is 1. The van der Waals surface area contributed by atoms with Gasteiger partial charge in [0.1, 0.15) is 0 Å². The van der Waals surface area contributed by atoms with Crippen LogP contribution in [-0.4, -0.2) is 38.8 Å². The van der Waals surface area contributed by atoms with Crippen LogP contribution in [0.15, 0.2) is 51.8 Å². The van der Waals surface area contributed by atoms with Gasteiger partial charge in [-0.3, -0.25) is 0 Å². The second kappa shape index (κ2) is 10.7. The zero-order valence-corrected chi connectivity index (χ0v) is 19.4. The van der Waals surface area contributed by atoms with E-state index in [4.69, 9.17) is 21.1 Å². The van der Waals surface area contributed by atoms with Crippen molar-refractivity contribution in [2.24, 2.45) is 0 Å². The Hall–Kier alpha value is -0.960. The van der Waals surface area contributed by atoms with Crippen molar-refractivity contribution in [2.75, 3.05) is 19.8 Å². The summed E-state index contributed by atoms with van der Waals surface area (Å²) in [5.74, 6) is 0. The van der Waals surface area contributed by atoms with E-state index in [0.717, 1.165) is 11.1 Å². The maximum Gasteiger partial charge on any atom is 0.243 e. The number of aryl methyl sites for hydroxylation is 1. The first-order valence-electron chi connectivity index (χ1n) is 9.01. The van der Waals surface area contributed by atoms with Crippen molar-refractivity contribution in [3.8, 4) is 0 Å². The highest BCUT2D eigenvalue weighted by molar-refractivity contribution is 9.10. The molecule has 8 heteroatoms. The fourth-order valence-corrected chi connectivity index (χ4v) is 4.60. The van der Waals surface area contributed by atoms with Crippen LogP contribution in [0.2, 0.25) is 5.02 Å². The molecule has 2 rings (SSSR count). The van der Waals surface area contributed by atoms with Crippen molar-refractivity contribution in [3.63, 3.8) is 0 Å². The summed E-state index contributed by atoms with van der Waals surface area (Å²) < 4.78 is 39.9. The quantitative estimate of drug-likeness (QED) is 0.440. The molecule has 0 aliphatic carbocycles. The maximum atomic E-state index is 13.3. The van der Waals surface area contributed by atoms with Gasteiger partial charge in [-0.2, -0.15) is 4.31 Å². The van der Waals surface area contributed by atoms with Crippen LogP contribution in [0, 0.1) is 6.92 Å². The fourth-order valence-electron chi connectivity index (χ4n) is 2.64. The molecule has 0 aromatic heterocycles. The third kappa shape index (κ3) is 6.27. The highest BCUT2D eigenvalue weighted by Gasteiger charge is 2.28. The molecule has 0 N–H and O–H groups in total.